The number of nitrogens with one attached hydrogen (secondary N) is 1. The molecule has 1 amide bonds. The molecule has 0 aromatic carbocycles. The summed E-state index contributed by atoms with van der Waals surface area (Å²) in [6.45, 7) is 3.78. The molecule has 1 aromatic rings. The van der Waals surface area contributed by atoms with Crippen molar-refractivity contribution in [2.45, 2.75) is 45.2 Å². The van der Waals surface area contributed by atoms with Gasteiger partial charge in [-0.05, 0) is 13.3 Å². The highest BCUT2D eigenvalue weighted by Crippen LogP contribution is 2.12. The highest BCUT2D eigenvalue weighted by atomic mass is 16.4. The molecular formula is C11H18N4O3. The lowest BCUT2D eigenvalue weighted by atomic mass is 9.96. The van der Waals surface area contributed by atoms with Crippen LogP contribution >= 0.6 is 0 Å². The van der Waals surface area contributed by atoms with Gasteiger partial charge in [0.1, 0.15) is 18.2 Å². The molecule has 1 heterocycles. The van der Waals surface area contributed by atoms with E-state index in [1.807, 2.05) is 6.92 Å². The van der Waals surface area contributed by atoms with Crippen LogP contribution in [0.2, 0.25) is 0 Å². The summed E-state index contributed by atoms with van der Waals surface area (Å²) in [5, 5.41) is 15.5. The van der Waals surface area contributed by atoms with E-state index in [0.29, 0.717) is 19.4 Å². The molecule has 1 atom stereocenters. The standard InChI is InChI=1S/C11H18N4O3/c1-3-5-11(2,10(17)18)14-9(16)4-6-15-8-12-7-13-15/h7-8H,3-6H2,1-2H3,(H,14,16)(H,17,18). The van der Waals surface area contributed by atoms with Crippen LogP contribution in [0.3, 0.4) is 0 Å². The molecule has 7 nitrogen and oxygen atoms in total. The van der Waals surface area contributed by atoms with E-state index in [1.165, 1.54) is 24.3 Å². The van der Waals surface area contributed by atoms with Crippen molar-refractivity contribution in [1.29, 1.82) is 0 Å². The van der Waals surface area contributed by atoms with Crippen LogP contribution in [0.1, 0.15) is 33.1 Å². The second-order valence-corrected chi connectivity index (χ2v) is 4.34. The van der Waals surface area contributed by atoms with E-state index in [4.69, 9.17) is 5.11 Å². The Labute approximate surface area is 105 Å². The lowest BCUT2D eigenvalue weighted by Gasteiger charge is -2.25. The molecule has 0 aliphatic heterocycles. The minimum Gasteiger partial charge on any atom is -0.480 e. The number of carbonyl (C=O) groups is 2. The Morgan fingerprint density at radius 1 is 1.50 bits per heavy atom. The topological polar surface area (TPSA) is 97.1 Å². The molecule has 18 heavy (non-hydrogen) atoms. The molecule has 0 aliphatic rings. The Balaban J connectivity index is 2.49. The van der Waals surface area contributed by atoms with Crippen molar-refractivity contribution in [2.24, 2.45) is 0 Å². The number of carboxylic acid groups (broad SMARTS) is 1. The molecule has 2 N–H and O–H groups in total. The SMILES string of the molecule is CCCC(C)(NC(=O)CCn1cncn1)C(=O)O. The minimum absolute atomic E-state index is 0.177. The monoisotopic (exact) mass is 254 g/mol. The average Bonchev–Trinajstić information content (AvgIpc) is 2.79. The summed E-state index contributed by atoms with van der Waals surface area (Å²) in [5.41, 5.74) is -1.20. The third-order valence-electron chi connectivity index (χ3n) is 2.67. The fourth-order valence-corrected chi connectivity index (χ4v) is 1.66. The minimum atomic E-state index is -1.20. The predicted octanol–water partition coefficient (Wildman–Crippen LogP) is 0.428. The number of hydrogen-bond acceptors (Lipinski definition) is 4. The van der Waals surface area contributed by atoms with Gasteiger partial charge in [-0.15, -0.1) is 0 Å². The summed E-state index contributed by atoms with van der Waals surface area (Å²) in [6.07, 6.45) is 4.16. The second kappa shape index (κ2) is 6.13. The van der Waals surface area contributed by atoms with Gasteiger partial charge in [0.15, 0.2) is 0 Å². The summed E-state index contributed by atoms with van der Waals surface area (Å²) in [5.74, 6) is -1.32. The molecule has 0 saturated heterocycles. The van der Waals surface area contributed by atoms with Crippen LogP contribution in [-0.4, -0.2) is 37.3 Å². The van der Waals surface area contributed by atoms with E-state index < -0.39 is 11.5 Å². The highest BCUT2D eigenvalue weighted by molar-refractivity contribution is 5.86. The maximum Gasteiger partial charge on any atom is 0.329 e. The van der Waals surface area contributed by atoms with Gasteiger partial charge in [-0.25, -0.2) is 9.78 Å². The number of rotatable bonds is 7. The lowest BCUT2D eigenvalue weighted by Crippen LogP contribution is -2.52. The molecule has 0 aliphatic carbocycles. The third-order valence-corrected chi connectivity index (χ3v) is 2.67. The highest BCUT2D eigenvalue weighted by Gasteiger charge is 2.33. The zero-order valence-corrected chi connectivity index (χ0v) is 10.6. The van der Waals surface area contributed by atoms with Gasteiger partial charge >= 0.3 is 5.97 Å². The predicted molar refractivity (Wildman–Crippen MR) is 63.7 cm³/mol. The molecular weight excluding hydrogens is 236 g/mol. The first-order valence-corrected chi connectivity index (χ1v) is 5.85. The van der Waals surface area contributed by atoms with Crippen LogP contribution < -0.4 is 5.32 Å². The Morgan fingerprint density at radius 2 is 2.22 bits per heavy atom. The van der Waals surface area contributed by atoms with E-state index in [0.717, 1.165) is 0 Å². The van der Waals surface area contributed by atoms with Crippen molar-refractivity contribution in [3.8, 4) is 0 Å². The van der Waals surface area contributed by atoms with Crippen LogP contribution in [0.25, 0.3) is 0 Å². The van der Waals surface area contributed by atoms with E-state index in [-0.39, 0.29) is 12.3 Å². The molecule has 100 valence electrons. The quantitative estimate of drug-likeness (QED) is 0.735. The van der Waals surface area contributed by atoms with Crippen LogP contribution in [-0.2, 0) is 16.1 Å². The number of hydrogen-bond donors (Lipinski definition) is 2. The van der Waals surface area contributed by atoms with E-state index >= 15 is 0 Å². The number of aryl methyl sites for hydroxylation is 1. The van der Waals surface area contributed by atoms with Crippen LogP contribution in [0.4, 0.5) is 0 Å². The summed E-state index contributed by atoms with van der Waals surface area (Å²) < 4.78 is 1.53. The molecule has 1 unspecified atom stereocenters. The van der Waals surface area contributed by atoms with Gasteiger partial charge in [-0.1, -0.05) is 13.3 Å². The van der Waals surface area contributed by atoms with E-state index in [1.54, 1.807) is 0 Å². The summed E-state index contributed by atoms with van der Waals surface area (Å²) in [6, 6.07) is 0. The fraction of sp³-hybridized carbons (Fsp3) is 0.636. The Hall–Kier alpha value is -1.92. The van der Waals surface area contributed by atoms with Gasteiger partial charge in [0.2, 0.25) is 5.91 Å². The van der Waals surface area contributed by atoms with Crippen molar-refractivity contribution in [1.82, 2.24) is 20.1 Å². The number of nitrogens with zero attached hydrogens (tertiary/aromatic N) is 3. The number of aliphatic carboxylic acids is 1. The summed E-state index contributed by atoms with van der Waals surface area (Å²) in [4.78, 5) is 26.6. The summed E-state index contributed by atoms with van der Waals surface area (Å²) >= 11 is 0. The Morgan fingerprint density at radius 3 is 2.72 bits per heavy atom. The van der Waals surface area contributed by atoms with Crippen LogP contribution in [0.15, 0.2) is 12.7 Å². The van der Waals surface area contributed by atoms with Crippen molar-refractivity contribution in [3.05, 3.63) is 12.7 Å². The molecule has 0 radical (unpaired) electrons. The first kappa shape index (κ1) is 14.1. The van der Waals surface area contributed by atoms with Crippen molar-refractivity contribution in [2.75, 3.05) is 0 Å². The molecule has 0 fully saturated rings. The third kappa shape index (κ3) is 3.83. The lowest BCUT2D eigenvalue weighted by molar-refractivity contribution is -0.147. The molecule has 0 saturated carbocycles. The first-order chi connectivity index (χ1) is 8.48. The Kier molecular flexibility index (Phi) is 4.82. The van der Waals surface area contributed by atoms with E-state index in [9.17, 15) is 9.59 Å². The molecule has 1 aromatic heterocycles. The van der Waals surface area contributed by atoms with Crippen molar-refractivity contribution < 1.29 is 14.7 Å². The largest absolute Gasteiger partial charge is 0.480 e. The molecule has 7 heteroatoms. The van der Waals surface area contributed by atoms with Crippen molar-refractivity contribution in [3.63, 3.8) is 0 Å². The number of aromatic nitrogens is 3. The summed E-state index contributed by atoms with van der Waals surface area (Å²) in [7, 11) is 0. The van der Waals surface area contributed by atoms with Crippen molar-refractivity contribution >= 4 is 11.9 Å². The number of carboxylic acids is 1. The van der Waals surface area contributed by atoms with Gasteiger partial charge in [0.25, 0.3) is 0 Å². The maximum atomic E-state index is 11.7. The number of carbonyl (C=O) groups excluding carboxylic acids is 1. The molecule has 1 rings (SSSR count). The smallest absolute Gasteiger partial charge is 0.329 e. The normalized spacial score (nSPS) is 13.9. The van der Waals surface area contributed by atoms with Crippen LogP contribution in [0, 0.1) is 0 Å². The maximum absolute atomic E-state index is 11.7. The fourth-order valence-electron chi connectivity index (χ4n) is 1.66. The zero-order chi connectivity index (χ0) is 13.6. The van der Waals surface area contributed by atoms with Gasteiger partial charge < -0.3 is 10.4 Å². The Bertz CT molecular complexity index is 404. The van der Waals surface area contributed by atoms with Gasteiger partial charge in [-0.2, -0.15) is 5.10 Å². The second-order valence-electron chi connectivity index (χ2n) is 4.34. The van der Waals surface area contributed by atoms with Gasteiger partial charge in [-0.3, -0.25) is 9.48 Å². The molecule has 0 bridgehead atoms. The van der Waals surface area contributed by atoms with E-state index in [2.05, 4.69) is 15.4 Å². The molecule has 0 spiro atoms. The average molecular weight is 254 g/mol. The van der Waals surface area contributed by atoms with Crippen LogP contribution in [0.5, 0.6) is 0 Å². The number of amides is 1. The zero-order valence-electron chi connectivity index (χ0n) is 10.6. The van der Waals surface area contributed by atoms with Gasteiger partial charge in [0.05, 0.1) is 6.54 Å². The first-order valence-electron chi connectivity index (χ1n) is 5.85. The van der Waals surface area contributed by atoms with Gasteiger partial charge in [0, 0.05) is 6.42 Å².